The van der Waals surface area contributed by atoms with Gasteiger partial charge in [-0.05, 0) is 52.2 Å². The molecule has 0 unspecified atom stereocenters. The van der Waals surface area contributed by atoms with Crippen molar-refractivity contribution in [3.63, 3.8) is 0 Å². The number of benzene rings is 2. The van der Waals surface area contributed by atoms with Gasteiger partial charge in [-0.2, -0.15) is 0 Å². The summed E-state index contributed by atoms with van der Waals surface area (Å²) in [6, 6.07) is 11.4. The molecule has 7 heteroatoms. The zero-order valence-electron chi connectivity index (χ0n) is 15.3. The first kappa shape index (κ1) is 19.8. The van der Waals surface area contributed by atoms with Crippen molar-refractivity contribution in [3.8, 4) is 23.8 Å². The first-order chi connectivity index (χ1) is 13.5. The third-order valence-electron chi connectivity index (χ3n) is 4.36. The molecule has 0 aliphatic rings. The Morgan fingerprint density at radius 2 is 2.11 bits per heavy atom. The number of ether oxygens (including phenoxy) is 2. The van der Waals surface area contributed by atoms with E-state index in [0.29, 0.717) is 22.6 Å². The number of terminal acetylenes is 1. The highest BCUT2D eigenvalue weighted by Gasteiger charge is 2.26. The molecule has 3 rings (SSSR count). The van der Waals surface area contributed by atoms with Gasteiger partial charge in [0.25, 0.3) is 0 Å². The second-order valence-corrected chi connectivity index (χ2v) is 6.97. The molecule has 1 heterocycles. The molecule has 1 aromatic heterocycles. The van der Waals surface area contributed by atoms with Crippen LogP contribution in [0, 0.1) is 22.5 Å². The van der Waals surface area contributed by atoms with Gasteiger partial charge in [-0.15, -0.1) is 6.42 Å². The number of hydrogen-bond donors (Lipinski definition) is 1. The van der Waals surface area contributed by atoms with Gasteiger partial charge in [0.15, 0.2) is 11.5 Å². The van der Waals surface area contributed by atoms with Gasteiger partial charge in [0.2, 0.25) is 6.54 Å². The van der Waals surface area contributed by atoms with Crippen LogP contribution in [0.1, 0.15) is 24.0 Å². The van der Waals surface area contributed by atoms with E-state index in [4.69, 9.17) is 15.9 Å². The first-order valence-corrected chi connectivity index (χ1v) is 9.54. The summed E-state index contributed by atoms with van der Waals surface area (Å²) in [6.07, 6.45) is 7.12. The van der Waals surface area contributed by atoms with Gasteiger partial charge in [-0.3, -0.25) is 10.1 Å². The minimum absolute atomic E-state index is 0.0960. The molecule has 28 heavy (non-hydrogen) atoms. The minimum atomic E-state index is -0.455. The monoisotopic (exact) mass is 442 g/mol. The molecule has 0 bridgehead atoms. The van der Waals surface area contributed by atoms with Crippen molar-refractivity contribution >= 4 is 26.8 Å². The molecular formula is C21H19BrN2O4. The van der Waals surface area contributed by atoms with E-state index < -0.39 is 5.92 Å². The number of H-pyrrole nitrogens is 1. The number of aromatic amines is 1. The molecule has 0 fully saturated rings. The van der Waals surface area contributed by atoms with Crippen molar-refractivity contribution in [3.05, 3.63) is 68.3 Å². The predicted molar refractivity (Wildman–Crippen MR) is 112 cm³/mol. The predicted octanol–water partition coefficient (Wildman–Crippen LogP) is 4.75. The number of fused-ring (bicyclic) bond motifs is 1. The van der Waals surface area contributed by atoms with Crippen LogP contribution in [0.3, 0.4) is 0 Å². The molecule has 3 aromatic rings. The summed E-state index contributed by atoms with van der Waals surface area (Å²) in [5, 5.41) is 12.4. The summed E-state index contributed by atoms with van der Waals surface area (Å²) in [4.78, 5) is 14.3. The van der Waals surface area contributed by atoms with E-state index in [1.807, 2.05) is 43.5 Å². The second-order valence-electron chi connectivity index (χ2n) is 6.11. The molecule has 1 N–H and O–H groups in total. The molecule has 0 saturated heterocycles. The lowest BCUT2D eigenvalue weighted by Crippen LogP contribution is -2.14. The molecule has 0 saturated carbocycles. The van der Waals surface area contributed by atoms with E-state index in [9.17, 15) is 10.1 Å². The zero-order valence-corrected chi connectivity index (χ0v) is 16.9. The van der Waals surface area contributed by atoms with Crippen LogP contribution in [0.25, 0.3) is 10.9 Å². The van der Waals surface area contributed by atoms with Crippen LogP contribution in [0.4, 0.5) is 0 Å². The fourth-order valence-corrected chi connectivity index (χ4v) is 3.79. The Labute approximate surface area is 171 Å². The highest BCUT2D eigenvalue weighted by atomic mass is 79.9. The zero-order chi connectivity index (χ0) is 20.1. The second kappa shape index (κ2) is 8.81. The SMILES string of the molecule is C#CCOc1c(Br)cc([C@@H](C[N+](=O)[O-])c2c[nH]c3ccccc23)cc1OCC. The summed E-state index contributed by atoms with van der Waals surface area (Å²) >= 11 is 3.49. The Hall–Kier alpha value is -2.98. The average Bonchev–Trinajstić information content (AvgIpc) is 3.09. The lowest BCUT2D eigenvalue weighted by Gasteiger charge is -2.18. The molecular weight excluding hydrogens is 424 g/mol. The number of hydrogen-bond acceptors (Lipinski definition) is 4. The molecule has 2 aromatic carbocycles. The molecule has 144 valence electrons. The van der Waals surface area contributed by atoms with Crippen molar-refractivity contribution < 1.29 is 14.4 Å². The van der Waals surface area contributed by atoms with Gasteiger partial charge in [0.1, 0.15) is 6.61 Å². The van der Waals surface area contributed by atoms with Gasteiger partial charge in [-0.25, -0.2) is 0 Å². The third-order valence-corrected chi connectivity index (χ3v) is 4.95. The third kappa shape index (κ3) is 4.12. The van der Waals surface area contributed by atoms with Crippen molar-refractivity contribution in [2.75, 3.05) is 19.8 Å². The van der Waals surface area contributed by atoms with Crippen LogP contribution in [0.2, 0.25) is 0 Å². The summed E-state index contributed by atoms with van der Waals surface area (Å²) < 4.78 is 11.9. The lowest BCUT2D eigenvalue weighted by atomic mass is 9.90. The quantitative estimate of drug-likeness (QED) is 0.310. The standard InChI is InChI=1S/C21H19BrN2O4/c1-3-9-28-21-18(22)10-14(11-20(21)27-4-2)17(13-24(25)26)16-12-23-19-8-6-5-7-15(16)19/h1,5-8,10-12,17,23H,4,9,13H2,2H3/t17-/m1/s1. The maximum atomic E-state index is 11.4. The Balaban J connectivity index is 2.12. The molecule has 0 spiro atoms. The largest absolute Gasteiger partial charge is 0.490 e. The molecule has 6 nitrogen and oxygen atoms in total. The van der Waals surface area contributed by atoms with Gasteiger partial charge in [-0.1, -0.05) is 24.1 Å². The minimum Gasteiger partial charge on any atom is -0.490 e. The van der Waals surface area contributed by atoms with E-state index in [2.05, 4.69) is 26.8 Å². The van der Waals surface area contributed by atoms with Crippen LogP contribution in [-0.2, 0) is 0 Å². The molecule has 0 aliphatic carbocycles. The molecule has 0 amide bonds. The summed E-state index contributed by atoms with van der Waals surface area (Å²) in [7, 11) is 0. The van der Waals surface area contributed by atoms with Crippen molar-refractivity contribution in [2.45, 2.75) is 12.8 Å². The number of rotatable bonds is 8. The normalized spacial score (nSPS) is 11.8. The highest BCUT2D eigenvalue weighted by molar-refractivity contribution is 9.10. The Bertz CT molecular complexity index is 1040. The van der Waals surface area contributed by atoms with Crippen molar-refractivity contribution in [2.24, 2.45) is 0 Å². The van der Waals surface area contributed by atoms with Gasteiger partial charge >= 0.3 is 0 Å². The number of halogens is 1. The highest BCUT2D eigenvalue weighted by Crippen LogP contribution is 2.41. The summed E-state index contributed by atoms with van der Waals surface area (Å²) in [5.41, 5.74) is 2.55. The number of nitrogens with zero attached hydrogens (tertiary/aromatic N) is 1. The van der Waals surface area contributed by atoms with Crippen LogP contribution >= 0.6 is 15.9 Å². The number of aromatic nitrogens is 1. The Morgan fingerprint density at radius 3 is 2.82 bits per heavy atom. The fraction of sp³-hybridized carbons (Fsp3) is 0.238. The van der Waals surface area contributed by atoms with Crippen LogP contribution < -0.4 is 9.47 Å². The van der Waals surface area contributed by atoms with E-state index in [0.717, 1.165) is 22.0 Å². The number of nitrogens with one attached hydrogen (secondary N) is 1. The van der Waals surface area contributed by atoms with Crippen molar-refractivity contribution in [1.29, 1.82) is 0 Å². The average molecular weight is 443 g/mol. The molecule has 0 radical (unpaired) electrons. The van der Waals surface area contributed by atoms with E-state index in [1.165, 1.54) is 0 Å². The first-order valence-electron chi connectivity index (χ1n) is 8.75. The van der Waals surface area contributed by atoms with Gasteiger partial charge in [0, 0.05) is 22.0 Å². The summed E-state index contributed by atoms with van der Waals surface area (Å²) in [6.45, 7) is 2.14. The van der Waals surface area contributed by atoms with E-state index >= 15 is 0 Å². The van der Waals surface area contributed by atoms with Gasteiger partial charge < -0.3 is 14.5 Å². The topological polar surface area (TPSA) is 77.4 Å². The lowest BCUT2D eigenvalue weighted by molar-refractivity contribution is -0.481. The van der Waals surface area contributed by atoms with Gasteiger partial charge in [0.05, 0.1) is 17.0 Å². The van der Waals surface area contributed by atoms with E-state index in [1.54, 1.807) is 6.07 Å². The molecule has 0 aliphatic heterocycles. The van der Waals surface area contributed by atoms with Crippen LogP contribution in [0.5, 0.6) is 11.5 Å². The van der Waals surface area contributed by atoms with E-state index in [-0.39, 0.29) is 18.1 Å². The summed E-state index contributed by atoms with van der Waals surface area (Å²) in [5.74, 6) is 2.96. The van der Waals surface area contributed by atoms with Crippen LogP contribution in [-0.4, -0.2) is 29.7 Å². The maximum absolute atomic E-state index is 11.4. The number of nitro groups is 1. The Morgan fingerprint density at radius 1 is 1.32 bits per heavy atom. The smallest absolute Gasteiger partial charge is 0.214 e. The Kier molecular flexibility index (Phi) is 6.22. The maximum Gasteiger partial charge on any atom is 0.214 e. The van der Waals surface area contributed by atoms with Crippen LogP contribution in [0.15, 0.2) is 47.1 Å². The number of para-hydroxylation sites is 1. The molecule has 1 atom stereocenters. The van der Waals surface area contributed by atoms with Crippen molar-refractivity contribution in [1.82, 2.24) is 4.98 Å². The fourth-order valence-electron chi connectivity index (χ4n) is 3.22.